The summed E-state index contributed by atoms with van der Waals surface area (Å²) in [4.78, 5) is 23.2. The molecule has 1 heterocycles. The molecule has 5 nitrogen and oxygen atoms in total. The van der Waals surface area contributed by atoms with Crippen molar-refractivity contribution in [3.63, 3.8) is 0 Å². The first-order valence-electron chi connectivity index (χ1n) is 5.97. The van der Waals surface area contributed by atoms with Crippen molar-refractivity contribution in [1.29, 1.82) is 0 Å². The molecule has 1 fully saturated rings. The van der Waals surface area contributed by atoms with Gasteiger partial charge in [-0.1, -0.05) is 30.3 Å². The van der Waals surface area contributed by atoms with Crippen molar-refractivity contribution in [1.82, 2.24) is 4.90 Å². The maximum Gasteiger partial charge on any atom is 0.411 e. The maximum absolute atomic E-state index is 13.2. The first-order valence-corrected chi connectivity index (χ1v) is 5.97. The van der Waals surface area contributed by atoms with Crippen LogP contribution in [0.5, 0.6) is 0 Å². The molecular weight excluding hydrogens is 272 g/mol. The van der Waals surface area contributed by atoms with Crippen LogP contribution >= 0.6 is 0 Å². The third kappa shape index (κ3) is 3.23. The van der Waals surface area contributed by atoms with Gasteiger partial charge in [0.1, 0.15) is 12.6 Å². The highest BCUT2D eigenvalue weighted by Crippen LogP contribution is 2.32. The lowest BCUT2D eigenvalue weighted by Gasteiger charge is -2.20. The zero-order valence-corrected chi connectivity index (χ0v) is 10.5. The molecule has 1 atom stereocenters. The Balaban J connectivity index is 1.99. The Kier molecular flexibility index (Phi) is 3.87. The largest absolute Gasteiger partial charge is 0.480 e. The number of alkyl halides is 2. The number of nitrogens with zero attached hydrogens (tertiary/aromatic N) is 1. The second kappa shape index (κ2) is 5.44. The summed E-state index contributed by atoms with van der Waals surface area (Å²) in [6.07, 6.45) is -1.93. The molecule has 0 radical (unpaired) electrons. The van der Waals surface area contributed by atoms with Crippen molar-refractivity contribution < 1.29 is 28.2 Å². The summed E-state index contributed by atoms with van der Waals surface area (Å²) in [6, 6.07) is 7.14. The average molecular weight is 285 g/mol. The summed E-state index contributed by atoms with van der Waals surface area (Å²) in [6.45, 7) is -1.02. The molecule has 0 bridgehead atoms. The Morgan fingerprint density at radius 3 is 2.60 bits per heavy atom. The molecule has 20 heavy (non-hydrogen) atoms. The predicted molar refractivity (Wildman–Crippen MR) is 64.3 cm³/mol. The highest BCUT2D eigenvalue weighted by molar-refractivity contribution is 5.81. The molecule has 2 rings (SSSR count). The molecule has 1 aliphatic heterocycles. The number of carboxylic acid groups (broad SMARTS) is 1. The summed E-state index contributed by atoms with van der Waals surface area (Å²) < 4.78 is 31.3. The monoisotopic (exact) mass is 285 g/mol. The number of hydrogen-bond donors (Lipinski definition) is 1. The molecular formula is C13H13F2NO4. The topological polar surface area (TPSA) is 66.8 Å². The fourth-order valence-electron chi connectivity index (χ4n) is 2.03. The van der Waals surface area contributed by atoms with Crippen LogP contribution in [0.1, 0.15) is 12.0 Å². The van der Waals surface area contributed by atoms with E-state index in [0.717, 1.165) is 0 Å². The third-order valence-electron chi connectivity index (χ3n) is 2.99. The number of hydrogen-bond acceptors (Lipinski definition) is 3. The number of rotatable bonds is 3. The van der Waals surface area contributed by atoms with E-state index in [4.69, 9.17) is 9.84 Å². The number of carboxylic acids is 1. The molecule has 1 amide bonds. The van der Waals surface area contributed by atoms with E-state index in [-0.39, 0.29) is 6.61 Å². The molecule has 0 aliphatic carbocycles. The van der Waals surface area contributed by atoms with Crippen molar-refractivity contribution >= 4 is 12.1 Å². The molecule has 1 aromatic carbocycles. The van der Waals surface area contributed by atoms with Crippen molar-refractivity contribution in [3.05, 3.63) is 35.9 Å². The van der Waals surface area contributed by atoms with Crippen LogP contribution in [0.3, 0.4) is 0 Å². The van der Waals surface area contributed by atoms with Crippen molar-refractivity contribution in [3.8, 4) is 0 Å². The average Bonchev–Trinajstić information content (AvgIpc) is 2.74. The lowest BCUT2D eigenvalue weighted by atomic mass is 10.2. The van der Waals surface area contributed by atoms with E-state index in [1.165, 1.54) is 0 Å². The molecule has 1 N–H and O–H groups in total. The Hall–Kier alpha value is -2.18. The number of benzene rings is 1. The minimum absolute atomic E-state index is 0.0892. The van der Waals surface area contributed by atoms with Gasteiger partial charge in [-0.25, -0.2) is 18.4 Å². The Bertz CT molecular complexity index is 506. The van der Waals surface area contributed by atoms with E-state index in [2.05, 4.69) is 0 Å². The van der Waals surface area contributed by atoms with Crippen LogP contribution in [0.4, 0.5) is 13.6 Å². The van der Waals surface area contributed by atoms with Gasteiger partial charge in [0, 0.05) is 6.42 Å². The van der Waals surface area contributed by atoms with Crippen LogP contribution in [-0.2, 0) is 16.1 Å². The quantitative estimate of drug-likeness (QED) is 0.923. The van der Waals surface area contributed by atoms with Gasteiger partial charge in [-0.15, -0.1) is 0 Å². The van der Waals surface area contributed by atoms with Crippen LogP contribution in [0.25, 0.3) is 0 Å². The Morgan fingerprint density at radius 2 is 2.00 bits per heavy atom. The van der Waals surface area contributed by atoms with E-state index in [9.17, 15) is 18.4 Å². The fraction of sp³-hybridized carbons (Fsp3) is 0.385. The minimum atomic E-state index is -3.20. The first kappa shape index (κ1) is 14.2. The van der Waals surface area contributed by atoms with E-state index >= 15 is 0 Å². The van der Waals surface area contributed by atoms with E-state index < -0.39 is 37.0 Å². The lowest BCUT2D eigenvalue weighted by molar-refractivity contribution is -0.142. The van der Waals surface area contributed by atoms with Gasteiger partial charge in [0.25, 0.3) is 5.92 Å². The van der Waals surface area contributed by atoms with Crippen LogP contribution in [0.2, 0.25) is 0 Å². The van der Waals surface area contributed by atoms with Crippen LogP contribution < -0.4 is 0 Å². The van der Waals surface area contributed by atoms with Gasteiger partial charge in [0.2, 0.25) is 0 Å². The van der Waals surface area contributed by atoms with Crippen molar-refractivity contribution in [2.75, 3.05) is 6.54 Å². The number of carbonyl (C=O) groups excluding carboxylic acids is 1. The van der Waals surface area contributed by atoms with Gasteiger partial charge < -0.3 is 9.84 Å². The zero-order valence-electron chi connectivity index (χ0n) is 10.5. The van der Waals surface area contributed by atoms with Crippen molar-refractivity contribution in [2.24, 2.45) is 0 Å². The SMILES string of the molecule is O=C(O)[C@@H]1CC(F)(F)CN1C(=O)OCc1ccccc1. The first-order chi connectivity index (χ1) is 9.39. The third-order valence-corrected chi connectivity index (χ3v) is 2.99. The molecule has 1 saturated heterocycles. The molecule has 0 aromatic heterocycles. The van der Waals surface area contributed by atoms with E-state index in [0.29, 0.717) is 10.5 Å². The summed E-state index contributed by atoms with van der Waals surface area (Å²) >= 11 is 0. The zero-order chi connectivity index (χ0) is 14.8. The minimum Gasteiger partial charge on any atom is -0.480 e. The second-order valence-corrected chi connectivity index (χ2v) is 4.58. The number of halogens is 2. The van der Waals surface area contributed by atoms with Crippen LogP contribution in [0.15, 0.2) is 30.3 Å². The maximum atomic E-state index is 13.2. The molecule has 0 spiro atoms. The summed E-state index contributed by atoms with van der Waals surface area (Å²) in [5.74, 6) is -4.66. The number of aliphatic carboxylic acids is 1. The summed E-state index contributed by atoms with van der Waals surface area (Å²) in [5.41, 5.74) is 0.693. The van der Waals surface area contributed by atoms with Gasteiger partial charge >= 0.3 is 12.1 Å². The standard InChI is InChI=1S/C13H13F2NO4/c14-13(15)6-10(11(17)18)16(8-13)12(19)20-7-9-4-2-1-3-5-9/h1-5,10H,6-8H2,(H,17,18)/t10-/m0/s1. The Morgan fingerprint density at radius 1 is 1.35 bits per heavy atom. The van der Waals surface area contributed by atoms with Crippen molar-refractivity contribution in [2.45, 2.75) is 25.0 Å². The van der Waals surface area contributed by atoms with Crippen LogP contribution in [-0.4, -0.2) is 40.6 Å². The number of amides is 1. The molecule has 1 aliphatic rings. The summed E-state index contributed by atoms with van der Waals surface area (Å²) in [5, 5.41) is 8.87. The Labute approximate surface area is 113 Å². The molecule has 1 aromatic rings. The highest BCUT2D eigenvalue weighted by atomic mass is 19.3. The highest BCUT2D eigenvalue weighted by Gasteiger charge is 2.50. The van der Waals surface area contributed by atoms with Crippen LogP contribution in [0, 0.1) is 0 Å². The van der Waals surface area contributed by atoms with E-state index in [1.807, 2.05) is 0 Å². The normalized spacial score (nSPS) is 20.7. The number of ether oxygens (including phenoxy) is 1. The van der Waals surface area contributed by atoms with E-state index in [1.54, 1.807) is 30.3 Å². The predicted octanol–water partition coefficient (Wildman–Crippen LogP) is 2.12. The van der Waals surface area contributed by atoms with Gasteiger partial charge in [0.05, 0.1) is 6.54 Å². The smallest absolute Gasteiger partial charge is 0.411 e. The second-order valence-electron chi connectivity index (χ2n) is 4.58. The lowest BCUT2D eigenvalue weighted by Crippen LogP contribution is -2.41. The molecule has 108 valence electrons. The number of likely N-dealkylation sites (tertiary alicyclic amines) is 1. The summed E-state index contributed by atoms with van der Waals surface area (Å²) in [7, 11) is 0. The van der Waals surface area contributed by atoms with Gasteiger partial charge in [-0.3, -0.25) is 4.90 Å². The van der Waals surface area contributed by atoms with Gasteiger partial charge in [-0.2, -0.15) is 0 Å². The van der Waals surface area contributed by atoms with Gasteiger partial charge in [-0.05, 0) is 5.56 Å². The molecule has 0 unspecified atom stereocenters. The number of carbonyl (C=O) groups is 2. The molecule has 7 heteroatoms. The molecule has 0 saturated carbocycles. The fourth-order valence-corrected chi connectivity index (χ4v) is 2.03. The van der Waals surface area contributed by atoms with Gasteiger partial charge in [0.15, 0.2) is 0 Å².